The second-order valence-electron chi connectivity index (χ2n) is 7.86. The molecule has 0 radical (unpaired) electrons. The molecule has 0 fully saturated rings. The van der Waals surface area contributed by atoms with E-state index in [4.69, 9.17) is 14.9 Å². The Bertz CT molecular complexity index is 253. The van der Waals surface area contributed by atoms with Crippen molar-refractivity contribution in [3.05, 3.63) is 0 Å². The Hall–Kier alpha value is -0.160. The van der Waals surface area contributed by atoms with Gasteiger partial charge in [0.1, 0.15) is 13.1 Å². The van der Waals surface area contributed by atoms with E-state index in [-0.39, 0.29) is 13.2 Å². The van der Waals surface area contributed by atoms with Gasteiger partial charge in [-0.25, -0.2) is 0 Å². The van der Waals surface area contributed by atoms with Gasteiger partial charge in [0, 0.05) is 13.0 Å². The summed E-state index contributed by atoms with van der Waals surface area (Å²) in [5.41, 5.74) is 0. The van der Waals surface area contributed by atoms with E-state index in [1.54, 1.807) is 0 Å². The van der Waals surface area contributed by atoms with E-state index in [1.165, 1.54) is 51.4 Å². The minimum absolute atomic E-state index is 0.175. The maximum Gasteiger partial charge on any atom is 0.102 e. The van der Waals surface area contributed by atoms with E-state index in [9.17, 15) is 0 Å². The van der Waals surface area contributed by atoms with Crippen LogP contribution in [0.3, 0.4) is 0 Å². The van der Waals surface area contributed by atoms with Gasteiger partial charge in [0.2, 0.25) is 0 Å². The highest BCUT2D eigenvalue weighted by atomic mass is 16.5. The van der Waals surface area contributed by atoms with Crippen molar-refractivity contribution in [2.45, 2.75) is 71.6 Å². The number of aliphatic hydroxyl groups is 2. The van der Waals surface area contributed by atoms with Gasteiger partial charge in [-0.05, 0) is 12.3 Å². The number of likely N-dealkylation sites (N-methyl/N-ethyl adjacent to an activating group) is 1. The normalized spacial score (nSPS) is 12.2. The summed E-state index contributed by atoms with van der Waals surface area (Å²) in [6.07, 6.45) is 11.7. The van der Waals surface area contributed by atoms with Crippen LogP contribution in [-0.2, 0) is 4.74 Å². The molecule has 0 aliphatic rings. The fourth-order valence-electron chi connectivity index (χ4n) is 3.11. The molecule has 0 rings (SSSR count). The zero-order valence-electron chi connectivity index (χ0n) is 16.6. The van der Waals surface area contributed by atoms with Crippen molar-refractivity contribution in [2.75, 3.05) is 53.1 Å². The highest BCUT2D eigenvalue weighted by Gasteiger charge is 2.19. The standard InChI is InChI=1S/C20H44NO3/c1-20(2)12-9-7-5-4-6-8-10-18-24-19-11-13-21(3,14-16-22)15-17-23/h20,22-23H,4-19H2,1-3H3/q+1. The Morgan fingerprint density at radius 1 is 0.708 bits per heavy atom. The molecule has 0 saturated heterocycles. The number of rotatable bonds is 18. The van der Waals surface area contributed by atoms with E-state index in [0.29, 0.717) is 13.1 Å². The summed E-state index contributed by atoms with van der Waals surface area (Å²) in [6.45, 7) is 8.99. The fraction of sp³-hybridized carbons (Fsp3) is 1.00. The van der Waals surface area contributed by atoms with Crippen molar-refractivity contribution < 1.29 is 19.4 Å². The van der Waals surface area contributed by atoms with Gasteiger partial charge in [-0.1, -0.05) is 58.8 Å². The first-order valence-corrected chi connectivity index (χ1v) is 10.2. The minimum atomic E-state index is 0.175. The summed E-state index contributed by atoms with van der Waals surface area (Å²) in [4.78, 5) is 0. The van der Waals surface area contributed by atoms with Crippen LogP contribution in [-0.4, -0.2) is 67.8 Å². The summed E-state index contributed by atoms with van der Waals surface area (Å²) in [7, 11) is 2.09. The molecule has 2 N–H and O–H groups in total. The van der Waals surface area contributed by atoms with Crippen LogP contribution in [0.15, 0.2) is 0 Å². The maximum atomic E-state index is 9.12. The van der Waals surface area contributed by atoms with Crippen LogP contribution in [0.1, 0.15) is 71.6 Å². The van der Waals surface area contributed by atoms with E-state index >= 15 is 0 Å². The zero-order chi connectivity index (χ0) is 18.1. The Morgan fingerprint density at radius 3 is 1.75 bits per heavy atom. The van der Waals surface area contributed by atoms with Gasteiger partial charge < -0.3 is 19.4 Å². The molecule has 0 atom stereocenters. The lowest BCUT2D eigenvalue weighted by Gasteiger charge is -2.33. The number of ether oxygens (including phenoxy) is 1. The predicted molar refractivity (Wildman–Crippen MR) is 102 cm³/mol. The number of nitrogens with zero attached hydrogens (tertiary/aromatic N) is 1. The first-order chi connectivity index (χ1) is 11.5. The molecule has 4 nitrogen and oxygen atoms in total. The zero-order valence-corrected chi connectivity index (χ0v) is 16.6. The lowest BCUT2D eigenvalue weighted by Crippen LogP contribution is -2.48. The van der Waals surface area contributed by atoms with Gasteiger partial charge in [0.05, 0.1) is 33.4 Å². The molecule has 0 aliphatic carbocycles. The number of unbranched alkanes of at least 4 members (excludes halogenated alkanes) is 6. The average molecular weight is 347 g/mol. The first-order valence-electron chi connectivity index (χ1n) is 10.2. The van der Waals surface area contributed by atoms with Crippen molar-refractivity contribution in [3.8, 4) is 0 Å². The van der Waals surface area contributed by atoms with Crippen LogP contribution in [0.4, 0.5) is 0 Å². The van der Waals surface area contributed by atoms with Crippen LogP contribution in [0.5, 0.6) is 0 Å². The molecule has 0 aliphatic heterocycles. The van der Waals surface area contributed by atoms with E-state index in [2.05, 4.69) is 20.9 Å². The molecule has 0 heterocycles. The predicted octanol–water partition coefficient (Wildman–Crippen LogP) is 3.60. The molecule has 0 aromatic carbocycles. The SMILES string of the molecule is CC(C)CCCCCCCCCOCCC[N+](C)(CCO)CCO. The third kappa shape index (κ3) is 15.4. The van der Waals surface area contributed by atoms with Crippen LogP contribution >= 0.6 is 0 Å². The Balaban J connectivity index is 3.33. The van der Waals surface area contributed by atoms with Gasteiger partial charge in [-0.3, -0.25) is 0 Å². The highest BCUT2D eigenvalue weighted by Crippen LogP contribution is 2.12. The molecular formula is C20H44NO3+. The molecule has 4 heteroatoms. The number of aliphatic hydroxyl groups excluding tert-OH is 2. The van der Waals surface area contributed by atoms with Gasteiger partial charge >= 0.3 is 0 Å². The molecule has 0 unspecified atom stereocenters. The topological polar surface area (TPSA) is 49.7 Å². The average Bonchev–Trinajstić information content (AvgIpc) is 2.52. The van der Waals surface area contributed by atoms with Crippen LogP contribution < -0.4 is 0 Å². The van der Waals surface area contributed by atoms with Gasteiger partial charge in [0.15, 0.2) is 0 Å². The van der Waals surface area contributed by atoms with Crippen LogP contribution in [0.25, 0.3) is 0 Å². The summed E-state index contributed by atoms with van der Waals surface area (Å²) in [6, 6.07) is 0. The van der Waals surface area contributed by atoms with E-state index < -0.39 is 0 Å². The molecule has 0 bridgehead atoms. The quantitative estimate of drug-likeness (QED) is 0.294. The fourth-order valence-corrected chi connectivity index (χ4v) is 3.11. The smallest absolute Gasteiger partial charge is 0.102 e. The highest BCUT2D eigenvalue weighted by molar-refractivity contribution is 4.49. The third-order valence-electron chi connectivity index (χ3n) is 4.84. The summed E-state index contributed by atoms with van der Waals surface area (Å²) < 4.78 is 6.45. The molecule has 146 valence electrons. The largest absolute Gasteiger partial charge is 0.391 e. The lowest BCUT2D eigenvalue weighted by atomic mass is 10.0. The monoisotopic (exact) mass is 346 g/mol. The summed E-state index contributed by atoms with van der Waals surface area (Å²) in [5.74, 6) is 0.853. The second kappa shape index (κ2) is 16.3. The second-order valence-corrected chi connectivity index (χ2v) is 7.86. The minimum Gasteiger partial charge on any atom is -0.391 e. The van der Waals surface area contributed by atoms with Gasteiger partial charge in [-0.2, -0.15) is 0 Å². The molecule has 0 saturated carbocycles. The number of quaternary nitrogens is 1. The third-order valence-corrected chi connectivity index (χ3v) is 4.84. The first kappa shape index (κ1) is 23.8. The van der Waals surface area contributed by atoms with Crippen molar-refractivity contribution in [1.29, 1.82) is 0 Å². The van der Waals surface area contributed by atoms with Gasteiger partial charge in [0.25, 0.3) is 0 Å². The van der Waals surface area contributed by atoms with E-state index in [1.807, 2.05) is 0 Å². The van der Waals surface area contributed by atoms with Crippen molar-refractivity contribution >= 4 is 0 Å². The van der Waals surface area contributed by atoms with Gasteiger partial charge in [-0.15, -0.1) is 0 Å². The van der Waals surface area contributed by atoms with Crippen LogP contribution in [0.2, 0.25) is 0 Å². The maximum absolute atomic E-state index is 9.12. The number of hydrogen-bond donors (Lipinski definition) is 2. The Morgan fingerprint density at radius 2 is 1.21 bits per heavy atom. The Labute approximate surface area is 150 Å². The lowest BCUT2D eigenvalue weighted by molar-refractivity contribution is -0.910. The summed E-state index contributed by atoms with van der Waals surface area (Å²) >= 11 is 0. The van der Waals surface area contributed by atoms with E-state index in [0.717, 1.165) is 36.6 Å². The van der Waals surface area contributed by atoms with Crippen LogP contribution in [0, 0.1) is 5.92 Å². The number of hydrogen-bond acceptors (Lipinski definition) is 3. The molecular weight excluding hydrogens is 302 g/mol. The summed E-state index contributed by atoms with van der Waals surface area (Å²) in [5, 5.41) is 18.2. The van der Waals surface area contributed by atoms with Crippen molar-refractivity contribution in [2.24, 2.45) is 5.92 Å². The molecule has 0 aromatic heterocycles. The molecule has 24 heavy (non-hydrogen) atoms. The Kier molecular flexibility index (Phi) is 16.2. The molecule has 0 amide bonds. The molecule has 0 spiro atoms. The molecule has 0 aromatic rings. The van der Waals surface area contributed by atoms with Crippen molar-refractivity contribution in [1.82, 2.24) is 0 Å². The van der Waals surface area contributed by atoms with Crippen molar-refractivity contribution in [3.63, 3.8) is 0 Å².